The Kier molecular flexibility index (Phi) is 6.27. The van der Waals surface area contributed by atoms with E-state index >= 15 is 0 Å². The van der Waals surface area contributed by atoms with Crippen LogP contribution in [0.25, 0.3) is 10.4 Å². The van der Waals surface area contributed by atoms with Gasteiger partial charge in [-0.05, 0) is 5.53 Å². The molecule has 12 heteroatoms. The van der Waals surface area contributed by atoms with Crippen LogP contribution < -0.4 is 0 Å². The lowest BCUT2D eigenvalue weighted by Gasteiger charge is -2.42. The quantitative estimate of drug-likeness (QED) is 0.155. The molecule has 1 rings (SSSR count). The number of azide groups is 1. The Bertz CT molecular complexity index is 509. The topological polar surface area (TPSA) is 203 Å². The maximum absolute atomic E-state index is 11.0. The van der Waals surface area contributed by atoms with Gasteiger partial charge in [0.05, 0.1) is 12.1 Å². The fourth-order valence-electron chi connectivity index (χ4n) is 2.10. The third-order valence-corrected chi connectivity index (χ3v) is 3.26. The number of esters is 1. The van der Waals surface area contributed by atoms with E-state index in [2.05, 4.69) is 14.8 Å². The summed E-state index contributed by atoms with van der Waals surface area (Å²) in [4.78, 5) is 24.2. The van der Waals surface area contributed by atoms with Crippen LogP contribution in [0.5, 0.6) is 0 Å². The van der Waals surface area contributed by atoms with Gasteiger partial charge in [-0.15, -0.1) is 0 Å². The molecule has 3 unspecified atom stereocenters. The smallest absolute Gasteiger partial charge is 0.364 e. The molecule has 130 valence electrons. The van der Waals surface area contributed by atoms with E-state index in [0.29, 0.717) is 0 Å². The van der Waals surface area contributed by atoms with Crippen LogP contribution in [-0.2, 0) is 19.1 Å². The van der Waals surface area contributed by atoms with Gasteiger partial charge in [0.1, 0.15) is 24.9 Å². The molecule has 0 aromatic heterocycles. The highest BCUT2D eigenvalue weighted by molar-refractivity contribution is 5.75. The van der Waals surface area contributed by atoms with Gasteiger partial charge in [-0.25, -0.2) is 4.79 Å². The summed E-state index contributed by atoms with van der Waals surface area (Å²) in [6.45, 7) is 0.410. The molecule has 23 heavy (non-hydrogen) atoms. The van der Waals surface area contributed by atoms with Crippen LogP contribution in [0.3, 0.4) is 0 Å². The molecule has 0 aliphatic carbocycles. The van der Waals surface area contributed by atoms with Crippen LogP contribution in [0.2, 0.25) is 0 Å². The Morgan fingerprint density at radius 2 is 2.13 bits per heavy atom. The predicted octanol–water partition coefficient (Wildman–Crippen LogP) is -2.13. The molecule has 1 heterocycles. The van der Waals surface area contributed by atoms with Crippen LogP contribution in [0.1, 0.15) is 13.3 Å². The minimum Gasteiger partial charge on any atom is -0.477 e. The van der Waals surface area contributed by atoms with Gasteiger partial charge in [-0.3, -0.25) is 4.79 Å². The molecule has 1 aliphatic rings. The molecule has 1 fully saturated rings. The standard InChI is InChI=1S/C11H17N3O9/c1-4(15)22-3-6(17)8(18)9-7(13-14-12)5(16)2-11(21,23-9)10(19)20/h5-9,16-18,21H,2-3H2,1H3,(H,19,20)/t5-,6?,7-,8?,9?,11+/m1/s1. The normalized spacial score (nSPS) is 33.2. The first-order valence-electron chi connectivity index (χ1n) is 6.47. The van der Waals surface area contributed by atoms with Gasteiger partial charge in [0.15, 0.2) is 0 Å². The SMILES string of the molecule is CC(=O)OCC(O)C(O)C1O[C@](O)(C(=O)O)C[C@@H](O)[C@H]1N=[N+]=[N-]. The number of carboxylic acid groups (broad SMARTS) is 1. The monoisotopic (exact) mass is 335 g/mol. The summed E-state index contributed by atoms with van der Waals surface area (Å²) in [6.07, 6.45) is -7.85. The van der Waals surface area contributed by atoms with Crippen molar-refractivity contribution in [2.45, 2.75) is 49.6 Å². The lowest BCUT2D eigenvalue weighted by atomic mass is 9.89. The second-order valence-corrected chi connectivity index (χ2v) is 5.00. The number of carbonyl (C=O) groups excluding carboxylic acids is 1. The van der Waals surface area contributed by atoms with Crippen LogP contribution in [0, 0.1) is 0 Å². The number of hydrogen-bond acceptors (Lipinski definition) is 9. The molecule has 5 N–H and O–H groups in total. The maximum atomic E-state index is 11.0. The fraction of sp³-hybridized carbons (Fsp3) is 0.818. The van der Waals surface area contributed by atoms with Crippen molar-refractivity contribution in [2.75, 3.05) is 6.61 Å². The highest BCUT2D eigenvalue weighted by Gasteiger charge is 2.53. The molecule has 1 saturated heterocycles. The van der Waals surface area contributed by atoms with E-state index in [1.54, 1.807) is 0 Å². The van der Waals surface area contributed by atoms with Crippen molar-refractivity contribution in [3.63, 3.8) is 0 Å². The minimum atomic E-state index is -2.84. The number of hydrogen-bond donors (Lipinski definition) is 5. The van der Waals surface area contributed by atoms with Crippen molar-refractivity contribution in [3.05, 3.63) is 10.4 Å². The van der Waals surface area contributed by atoms with E-state index in [1.807, 2.05) is 0 Å². The van der Waals surface area contributed by atoms with Gasteiger partial charge in [-0.2, -0.15) is 0 Å². The molecule has 6 atom stereocenters. The predicted molar refractivity (Wildman–Crippen MR) is 69.7 cm³/mol. The number of rotatable bonds is 6. The van der Waals surface area contributed by atoms with Crippen LogP contribution >= 0.6 is 0 Å². The molecule has 0 amide bonds. The molecule has 1 aliphatic heterocycles. The van der Waals surface area contributed by atoms with Crippen molar-refractivity contribution in [2.24, 2.45) is 5.11 Å². The largest absolute Gasteiger partial charge is 0.477 e. The number of aliphatic carboxylic acids is 1. The molecule has 0 saturated carbocycles. The average molecular weight is 335 g/mol. The van der Waals surface area contributed by atoms with Crippen molar-refractivity contribution in [3.8, 4) is 0 Å². The Morgan fingerprint density at radius 1 is 1.52 bits per heavy atom. The molecular formula is C11H17N3O9. The van der Waals surface area contributed by atoms with E-state index in [1.165, 1.54) is 0 Å². The van der Waals surface area contributed by atoms with Gasteiger partial charge in [0.2, 0.25) is 0 Å². The zero-order chi connectivity index (χ0) is 17.8. The third kappa shape index (κ3) is 4.51. The van der Waals surface area contributed by atoms with Gasteiger partial charge >= 0.3 is 11.9 Å². The Labute approximate surface area is 129 Å². The highest BCUT2D eigenvalue weighted by Crippen LogP contribution is 2.32. The fourth-order valence-corrected chi connectivity index (χ4v) is 2.10. The number of ether oxygens (including phenoxy) is 2. The summed E-state index contributed by atoms with van der Waals surface area (Å²) in [5.41, 5.74) is 8.49. The van der Waals surface area contributed by atoms with Crippen LogP contribution in [-0.4, -0.2) is 80.3 Å². The van der Waals surface area contributed by atoms with E-state index in [-0.39, 0.29) is 0 Å². The van der Waals surface area contributed by atoms with E-state index in [4.69, 9.17) is 15.4 Å². The summed E-state index contributed by atoms with van der Waals surface area (Å²) < 4.78 is 9.33. The maximum Gasteiger partial charge on any atom is 0.364 e. The van der Waals surface area contributed by atoms with Crippen molar-refractivity contribution < 1.29 is 44.6 Å². The molecule has 0 spiro atoms. The number of carbonyl (C=O) groups is 2. The summed E-state index contributed by atoms with van der Waals surface area (Å²) >= 11 is 0. The Morgan fingerprint density at radius 3 is 2.61 bits per heavy atom. The number of aliphatic hydroxyl groups excluding tert-OH is 3. The second kappa shape index (κ2) is 7.55. The number of aliphatic hydroxyl groups is 4. The lowest BCUT2D eigenvalue weighted by molar-refractivity contribution is -0.292. The van der Waals surface area contributed by atoms with Gasteiger partial charge in [0.25, 0.3) is 5.79 Å². The number of nitrogens with zero attached hydrogens (tertiary/aromatic N) is 3. The molecule has 0 aromatic carbocycles. The van der Waals surface area contributed by atoms with Crippen LogP contribution in [0.15, 0.2) is 5.11 Å². The van der Waals surface area contributed by atoms with Crippen LogP contribution in [0.4, 0.5) is 0 Å². The van der Waals surface area contributed by atoms with Gasteiger partial charge in [0, 0.05) is 18.3 Å². The lowest BCUT2D eigenvalue weighted by Crippen LogP contribution is -2.62. The molecular weight excluding hydrogens is 318 g/mol. The number of carboxylic acids is 1. The second-order valence-electron chi connectivity index (χ2n) is 5.00. The summed E-state index contributed by atoms with van der Waals surface area (Å²) in [6, 6.07) is -1.47. The molecule has 12 nitrogen and oxygen atoms in total. The summed E-state index contributed by atoms with van der Waals surface area (Å²) in [5.74, 6) is -5.41. The minimum absolute atomic E-state index is 0.652. The Balaban J connectivity index is 3.01. The first-order valence-corrected chi connectivity index (χ1v) is 6.47. The van der Waals surface area contributed by atoms with E-state index < -0.39 is 61.2 Å². The highest BCUT2D eigenvalue weighted by atomic mass is 16.7. The zero-order valence-corrected chi connectivity index (χ0v) is 12.0. The first kappa shape index (κ1) is 19.1. The van der Waals surface area contributed by atoms with E-state index in [9.17, 15) is 30.0 Å². The van der Waals surface area contributed by atoms with Crippen molar-refractivity contribution in [1.29, 1.82) is 0 Å². The summed E-state index contributed by atoms with van der Waals surface area (Å²) in [7, 11) is 0. The molecule has 0 radical (unpaired) electrons. The molecule has 0 bridgehead atoms. The van der Waals surface area contributed by atoms with Gasteiger partial charge < -0.3 is 35.0 Å². The summed E-state index contributed by atoms with van der Waals surface area (Å²) in [5, 5.41) is 51.6. The molecule has 0 aromatic rings. The van der Waals surface area contributed by atoms with Gasteiger partial charge in [-0.1, -0.05) is 5.11 Å². The zero-order valence-electron chi connectivity index (χ0n) is 12.0. The van der Waals surface area contributed by atoms with Crippen molar-refractivity contribution >= 4 is 11.9 Å². The van der Waals surface area contributed by atoms with E-state index in [0.717, 1.165) is 6.92 Å². The average Bonchev–Trinajstić information content (AvgIpc) is 2.46. The third-order valence-electron chi connectivity index (χ3n) is 3.26. The first-order chi connectivity index (χ1) is 10.6. The Hall–Kier alpha value is -1.95. The van der Waals surface area contributed by atoms with Crippen molar-refractivity contribution in [1.82, 2.24) is 0 Å².